The highest BCUT2D eigenvalue weighted by Gasteiger charge is 2.14. The Morgan fingerprint density at radius 3 is 2.48 bits per heavy atom. The van der Waals surface area contributed by atoms with Crippen molar-refractivity contribution in [3.8, 4) is 11.1 Å². The van der Waals surface area contributed by atoms with E-state index in [1.54, 1.807) is 0 Å². The minimum absolute atomic E-state index is 0.0462. The van der Waals surface area contributed by atoms with E-state index in [1.807, 2.05) is 49.4 Å². The first-order valence-electron chi connectivity index (χ1n) is 6.54. The Labute approximate surface area is 129 Å². The third-order valence-corrected chi connectivity index (χ3v) is 4.38. The number of aromatic nitrogens is 1. The first-order chi connectivity index (χ1) is 10.1. The monoisotopic (exact) mass is 319 g/mol. The van der Waals surface area contributed by atoms with Gasteiger partial charge in [-0.15, -0.1) is 0 Å². The van der Waals surface area contributed by atoms with E-state index in [0.717, 1.165) is 33.3 Å². The largest absolute Gasteiger partial charge is 0.358 e. The highest BCUT2D eigenvalue weighted by Crippen LogP contribution is 2.35. The smallest absolute Gasteiger partial charge is 0.144 e. The molecule has 108 valence electrons. The molecule has 1 heterocycles. The fourth-order valence-electron chi connectivity index (χ4n) is 2.70. The maximum atomic E-state index is 11.1. The number of hydrogen-bond donors (Lipinski definition) is 2. The van der Waals surface area contributed by atoms with Crippen LogP contribution in [0, 0.1) is 6.92 Å². The zero-order valence-electron chi connectivity index (χ0n) is 11.4. The highest BCUT2D eigenvalue weighted by molar-refractivity contribution is 7.71. The van der Waals surface area contributed by atoms with Gasteiger partial charge in [-0.05, 0) is 36.2 Å². The molecule has 0 bridgehead atoms. The predicted octanol–water partition coefficient (Wildman–Crippen LogP) is 3.91. The van der Waals surface area contributed by atoms with Crippen molar-refractivity contribution in [2.75, 3.05) is 0 Å². The van der Waals surface area contributed by atoms with Crippen LogP contribution in [0.4, 0.5) is 0 Å². The van der Waals surface area contributed by atoms with Gasteiger partial charge in [0.25, 0.3) is 0 Å². The number of benzene rings is 2. The number of aryl methyl sites for hydroxylation is 1. The molecular formula is C16H14ClNO2S. The minimum Gasteiger partial charge on any atom is -0.358 e. The second-order valence-corrected chi connectivity index (χ2v) is 6.38. The van der Waals surface area contributed by atoms with E-state index >= 15 is 0 Å². The Balaban J connectivity index is 2.30. The summed E-state index contributed by atoms with van der Waals surface area (Å²) in [5.74, 6) is 0.0462. The van der Waals surface area contributed by atoms with E-state index in [1.165, 1.54) is 0 Å². The molecule has 2 aromatic carbocycles. The first kappa shape index (κ1) is 14.2. The van der Waals surface area contributed by atoms with Gasteiger partial charge in [-0.1, -0.05) is 35.9 Å². The third-order valence-electron chi connectivity index (χ3n) is 3.53. The Hall–Kier alpha value is -1.78. The Morgan fingerprint density at radius 1 is 1.10 bits per heavy atom. The molecule has 0 unspecified atom stereocenters. The lowest BCUT2D eigenvalue weighted by Gasteiger charge is -2.05. The van der Waals surface area contributed by atoms with Crippen molar-refractivity contribution in [1.82, 2.24) is 4.98 Å². The molecule has 5 heteroatoms. The molecule has 0 aliphatic carbocycles. The molecular weight excluding hydrogens is 306 g/mol. The Morgan fingerprint density at radius 2 is 1.81 bits per heavy atom. The number of fused-ring (bicyclic) bond motifs is 1. The van der Waals surface area contributed by atoms with Crippen molar-refractivity contribution in [2.45, 2.75) is 12.7 Å². The lowest BCUT2D eigenvalue weighted by molar-refractivity contribution is 0.614. The molecule has 0 fully saturated rings. The van der Waals surface area contributed by atoms with Gasteiger partial charge in [-0.3, -0.25) is 0 Å². The molecule has 0 saturated heterocycles. The average molecular weight is 320 g/mol. The number of rotatable bonds is 3. The standard InChI is InChI=1S/C16H14ClNO2S/c1-10-15(11-5-7-13(17)8-6-11)16-12(9-21(19)20)3-2-4-14(16)18-10/h2-8,18,21H,9H2,1H3. The zero-order valence-corrected chi connectivity index (χ0v) is 13.0. The van der Waals surface area contributed by atoms with Crippen molar-refractivity contribution in [3.63, 3.8) is 0 Å². The average Bonchev–Trinajstić information content (AvgIpc) is 2.76. The summed E-state index contributed by atoms with van der Waals surface area (Å²) in [6.07, 6.45) is 0. The quantitative estimate of drug-likeness (QED) is 0.719. The summed E-state index contributed by atoms with van der Waals surface area (Å²) in [7, 11) is -2.46. The minimum atomic E-state index is -2.46. The van der Waals surface area contributed by atoms with E-state index in [9.17, 15) is 8.42 Å². The zero-order chi connectivity index (χ0) is 15.0. The Bertz CT molecular complexity index is 871. The second-order valence-electron chi connectivity index (χ2n) is 4.96. The van der Waals surface area contributed by atoms with Crippen molar-refractivity contribution in [2.24, 2.45) is 0 Å². The molecule has 0 atom stereocenters. The molecule has 0 radical (unpaired) electrons. The molecule has 0 saturated carbocycles. The predicted molar refractivity (Wildman–Crippen MR) is 87.5 cm³/mol. The summed E-state index contributed by atoms with van der Waals surface area (Å²) >= 11 is 5.94. The SMILES string of the molecule is Cc1[nH]c2cccc(C[SH](=O)=O)c2c1-c1ccc(Cl)cc1. The van der Waals surface area contributed by atoms with E-state index in [0.29, 0.717) is 5.02 Å². The van der Waals surface area contributed by atoms with Gasteiger partial charge < -0.3 is 4.98 Å². The highest BCUT2D eigenvalue weighted by atomic mass is 35.5. The molecule has 1 aromatic heterocycles. The summed E-state index contributed by atoms with van der Waals surface area (Å²) in [5, 5.41) is 1.65. The topological polar surface area (TPSA) is 49.9 Å². The molecule has 3 rings (SSSR count). The summed E-state index contributed by atoms with van der Waals surface area (Å²) in [5.41, 5.74) is 4.84. The van der Waals surface area contributed by atoms with Crippen molar-refractivity contribution >= 4 is 33.2 Å². The maximum Gasteiger partial charge on any atom is 0.144 e. The van der Waals surface area contributed by atoms with Crippen LogP contribution in [0.3, 0.4) is 0 Å². The summed E-state index contributed by atoms with van der Waals surface area (Å²) in [6, 6.07) is 13.3. The maximum absolute atomic E-state index is 11.1. The van der Waals surface area contributed by atoms with E-state index < -0.39 is 10.7 Å². The van der Waals surface area contributed by atoms with Crippen molar-refractivity contribution in [1.29, 1.82) is 0 Å². The molecule has 0 spiro atoms. The van der Waals surface area contributed by atoms with Gasteiger partial charge in [-0.25, -0.2) is 8.42 Å². The van der Waals surface area contributed by atoms with Gasteiger partial charge in [0.05, 0.1) is 5.75 Å². The van der Waals surface area contributed by atoms with Crippen LogP contribution in [0.25, 0.3) is 22.0 Å². The fourth-order valence-corrected chi connectivity index (χ4v) is 3.37. The third kappa shape index (κ3) is 2.69. The molecule has 0 amide bonds. The van der Waals surface area contributed by atoms with Crippen LogP contribution >= 0.6 is 11.6 Å². The van der Waals surface area contributed by atoms with Gasteiger partial charge in [0, 0.05) is 27.2 Å². The molecule has 1 N–H and O–H groups in total. The van der Waals surface area contributed by atoms with Crippen LogP contribution in [-0.4, -0.2) is 13.4 Å². The lowest BCUT2D eigenvalue weighted by Crippen LogP contribution is -1.89. The van der Waals surface area contributed by atoms with Crippen molar-refractivity contribution < 1.29 is 8.42 Å². The van der Waals surface area contributed by atoms with Crippen LogP contribution < -0.4 is 0 Å². The van der Waals surface area contributed by atoms with Crippen LogP contribution in [0.15, 0.2) is 42.5 Å². The Kier molecular flexibility index (Phi) is 3.74. The van der Waals surface area contributed by atoms with Crippen molar-refractivity contribution in [3.05, 3.63) is 58.7 Å². The van der Waals surface area contributed by atoms with Gasteiger partial charge in [0.1, 0.15) is 10.7 Å². The van der Waals surface area contributed by atoms with Crippen LogP contribution in [0.5, 0.6) is 0 Å². The number of halogens is 1. The molecule has 3 aromatic rings. The first-order valence-corrected chi connectivity index (χ1v) is 8.28. The van der Waals surface area contributed by atoms with Crippen LogP contribution in [0.1, 0.15) is 11.3 Å². The van der Waals surface area contributed by atoms with E-state index in [-0.39, 0.29) is 5.75 Å². The van der Waals surface area contributed by atoms with Gasteiger partial charge in [-0.2, -0.15) is 0 Å². The summed E-state index contributed by atoms with van der Waals surface area (Å²) in [4.78, 5) is 3.32. The number of H-pyrrole nitrogens is 1. The fraction of sp³-hybridized carbons (Fsp3) is 0.125. The molecule has 0 aliphatic rings. The van der Waals surface area contributed by atoms with Gasteiger partial charge in [0.2, 0.25) is 0 Å². The van der Waals surface area contributed by atoms with E-state index in [2.05, 4.69) is 4.98 Å². The summed E-state index contributed by atoms with van der Waals surface area (Å²) < 4.78 is 22.2. The number of aromatic amines is 1. The molecule has 21 heavy (non-hydrogen) atoms. The lowest BCUT2D eigenvalue weighted by atomic mass is 9.99. The van der Waals surface area contributed by atoms with Crippen LogP contribution in [-0.2, 0) is 16.5 Å². The number of hydrogen-bond acceptors (Lipinski definition) is 2. The summed E-state index contributed by atoms with van der Waals surface area (Å²) in [6.45, 7) is 1.99. The van der Waals surface area contributed by atoms with E-state index in [4.69, 9.17) is 11.6 Å². The van der Waals surface area contributed by atoms with Gasteiger partial charge in [0.15, 0.2) is 0 Å². The molecule has 0 aliphatic heterocycles. The van der Waals surface area contributed by atoms with Crippen LogP contribution in [0.2, 0.25) is 5.02 Å². The number of nitrogens with one attached hydrogen (secondary N) is 1. The van der Waals surface area contributed by atoms with Gasteiger partial charge >= 0.3 is 0 Å². The number of thiol groups is 1. The second kappa shape index (κ2) is 5.54. The normalized spacial score (nSPS) is 11.4. The molecule has 3 nitrogen and oxygen atoms in total.